The van der Waals surface area contributed by atoms with Crippen LogP contribution in [0.15, 0.2) is 36.7 Å². The van der Waals surface area contributed by atoms with Gasteiger partial charge in [-0.2, -0.15) is 0 Å². The van der Waals surface area contributed by atoms with Crippen LogP contribution in [0.4, 0.5) is 0 Å². The summed E-state index contributed by atoms with van der Waals surface area (Å²) >= 11 is 0. The third kappa shape index (κ3) is 3.60. The lowest BCUT2D eigenvalue weighted by Gasteiger charge is -2.48. The Balaban J connectivity index is 1.59. The fraction of sp³-hybridized carbons (Fsp3) is 0.462. The maximum absolute atomic E-state index is 11.4. The number of carboxylic acid groups (broad SMARTS) is 1. The van der Waals surface area contributed by atoms with E-state index >= 15 is 0 Å². The number of fused-ring (bicyclic) bond motifs is 3. The summed E-state index contributed by atoms with van der Waals surface area (Å²) in [6.07, 6.45) is 7.88. The lowest BCUT2D eigenvalue weighted by molar-refractivity contribution is -0.0594. The number of aromatic nitrogens is 2. The molecule has 2 aliphatic heterocycles. The second kappa shape index (κ2) is 8.47. The van der Waals surface area contributed by atoms with Gasteiger partial charge in [-0.3, -0.25) is 4.90 Å². The average molecular weight is 450 g/mol. The van der Waals surface area contributed by atoms with Crippen molar-refractivity contribution in [1.29, 1.82) is 0 Å². The molecule has 0 radical (unpaired) electrons. The predicted molar refractivity (Wildman–Crippen MR) is 126 cm³/mol. The number of H-pyrrole nitrogens is 1. The Morgan fingerprint density at radius 3 is 2.91 bits per heavy atom. The molecule has 3 aromatic rings. The molecule has 0 spiro atoms. The average Bonchev–Trinajstić information content (AvgIpc) is 3.38. The van der Waals surface area contributed by atoms with Crippen molar-refractivity contribution in [3.63, 3.8) is 0 Å². The van der Waals surface area contributed by atoms with Gasteiger partial charge in [-0.05, 0) is 68.9 Å². The molecule has 5 rings (SSSR count). The van der Waals surface area contributed by atoms with Crippen LogP contribution in [-0.4, -0.2) is 51.8 Å². The standard InChI is InChI=1S/C26H31N3O4/c1-4-33-19-12-18-7-9-26(13-19,17-5-6-22(25(30)31)28-14-17)29(18)15-21-20-8-10-27-24(20)16(2)11-23(21)32-3/h5-6,8,10-11,14,18-19,27H,4,7,9,12-13,15H2,1-3H3,(H,30,31)/t18-,19+,26?/m0/s1. The van der Waals surface area contributed by atoms with Gasteiger partial charge in [0.15, 0.2) is 0 Å². The summed E-state index contributed by atoms with van der Waals surface area (Å²) in [7, 11) is 1.73. The zero-order chi connectivity index (χ0) is 23.2. The van der Waals surface area contributed by atoms with E-state index in [0.29, 0.717) is 12.6 Å². The highest BCUT2D eigenvalue weighted by molar-refractivity contribution is 5.88. The summed E-state index contributed by atoms with van der Waals surface area (Å²) in [5.74, 6) is -0.101. The van der Waals surface area contributed by atoms with Gasteiger partial charge in [0.05, 0.1) is 18.8 Å². The minimum absolute atomic E-state index is 0.0719. The molecule has 1 unspecified atom stereocenters. The molecular formula is C26H31N3O4. The number of carbonyl (C=O) groups is 1. The molecular weight excluding hydrogens is 418 g/mol. The second-order valence-electron chi connectivity index (χ2n) is 9.25. The van der Waals surface area contributed by atoms with Crippen LogP contribution in [0.25, 0.3) is 10.9 Å². The molecule has 33 heavy (non-hydrogen) atoms. The van der Waals surface area contributed by atoms with E-state index < -0.39 is 5.97 Å². The molecule has 4 heterocycles. The molecule has 3 atom stereocenters. The minimum atomic E-state index is -1.00. The molecule has 2 N–H and O–H groups in total. The molecule has 0 aliphatic carbocycles. The van der Waals surface area contributed by atoms with Crippen LogP contribution in [0.1, 0.15) is 59.8 Å². The van der Waals surface area contributed by atoms with E-state index in [0.717, 1.165) is 54.6 Å². The third-order valence-electron chi connectivity index (χ3n) is 7.56. The van der Waals surface area contributed by atoms with Crippen molar-refractivity contribution in [2.75, 3.05) is 13.7 Å². The van der Waals surface area contributed by atoms with Gasteiger partial charge in [0.2, 0.25) is 0 Å². The highest BCUT2D eigenvalue weighted by Crippen LogP contribution is 2.52. The first kappa shape index (κ1) is 21.9. The number of carboxylic acids is 1. The lowest BCUT2D eigenvalue weighted by atomic mass is 9.80. The largest absolute Gasteiger partial charge is 0.496 e. The maximum Gasteiger partial charge on any atom is 0.354 e. The lowest BCUT2D eigenvalue weighted by Crippen LogP contribution is -2.52. The Kier molecular flexibility index (Phi) is 5.62. The summed E-state index contributed by atoms with van der Waals surface area (Å²) in [5, 5.41) is 10.5. The van der Waals surface area contributed by atoms with E-state index in [1.807, 2.05) is 19.2 Å². The fourth-order valence-corrected chi connectivity index (χ4v) is 6.10. The molecule has 1 aromatic carbocycles. The van der Waals surface area contributed by atoms with Gasteiger partial charge in [0.25, 0.3) is 0 Å². The zero-order valence-electron chi connectivity index (χ0n) is 19.4. The smallest absolute Gasteiger partial charge is 0.354 e. The van der Waals surface area contributed by atoms with Crippen LogP contribution in [-0.2, 0) is 16.8 Å². The minimum Gasteiger partial charge on any atom is -0.496 e. The van der Waals surface area contributed by atoms with E-state index in [1.165, 1.54) is 10.9 Å². The summed E-state index contributed by atoms with van der Waals surface area (Å²) in [4.78, 5) is 21.6. The van der Waals surface area contributed by atoms with Crippen molar-refractivity contribution in [2.45, 2.75) is 63.8 Å². The van der Waals surface area contributed by atoms with Crippen LogP contribution in [0.5, 0.6) is 5.75 Å². The van der Waals surface area contributed by atoms with Gasteiger partial charge < -0.3 is 19.6 Å². The number of hydrogen-bond acceptors (Lipinski definition) is 5. The number of aromatic carboxylic acids is 1. The van der Waals surface area contributed by atoms with Crippen molar-refractivity contribution in [1.82, 2.24) is 14.9 Å². The Hall–Kier alpha value is -2.90. The molecule has 2 saturated heterocycles. The number of aromatic amines is 1. The summed E-state index contributed by atoms with van der Waals surface area (Å²) in [5.41, 5.74) is 4.38. The topological polar surface area (TPSA) is 87.7 Å². The number of rotatable bonds is 7. The van der Waals surface area contributed by atoms with Crippen LogP contribution >= 0.6 is 0 Å². The summed E-state index contributed by atoms with van der Waals surface area (Å²) < 4.78 is 12.0. The zero-order valence-corrected chi connectivity index (χ0v) is 19.4. The number of methoxy groups -OCH3 is 1. The number of hydrogen-bond donors (Lipinski definition) is 2. The number of ether oxygens (including phenoxy) is 2. The first-order valence-electron chi connectivity index (χ1n) is 11.7. The molecule has 0 saturated carbocycles. The van der Waals surface area contributed by atoms with Gasteiger partial charge in [-0.25, -0.2) is 9.78 Å². The van der Waals surface area contributed by atoms with Crippen molar-refractivity contribution < 1.29 is 19.4 Å². The normalized spacial score (nSPS) is 24.9. The van der Waals surface area contributed by atoms with Crippen molar-refractivity contribution in [3.8, 4) is 5.75 Å². The first-order valence-corrected chi connectivity index (χ1v) is 11.7. The van der Waals surface area contributed by atoms with Gasteiger partial charge in [0.1, 0.15) is 11.4 Å². The summed E-state index contributed by atoms with van der Waals surface area (Å²) in [6, 6.07) is 8.19. The number of aryl methyl sites for hydroxylation is 1. The number of pyridine rings is 1. The van der Waals surface area contributed by atoms with Crippen molar-refractivity contribution in [2.24, 2.45) is 0 Å². The van der Waals surface area contributed by atoms with E-state index in [2.05, 4.69) is 33.9 Å². The van der Waals surface area contributed by atoms with Crippen LogP contribution < -0.4 is 4.74 Å². The monoisotopic (exact) mass is 449 g/mol. The molecule has 0 amide bonds. The fourth-order valence-electron chi connectivity index (χ4n) is 6.10. The molecule has 2 aliphatic rings. The first-order chi connectivity index (χ1) is 16.0. The van der Waals surface area contributed by atoms with Crippen LogP contribution in [0, 0.1) is 6.92 Å². The highest BCUT2D eigenvalue weighted by Gasteiger charge is 2.53. The van der Waals surface area contributed by atoms with Crippen LogP contribution in [0.3, 0.4) is 0 Å². The van der Waals surface area contributed by atoms with Crippen molar-refractivity contribution >= 4 is 16.9 Å². The van der Waals surface area contributed by atoms with Gasteiger partial charge in [-0.1, -0.05) is 6.07 Å². The van der Waals surface area contributed by atoms with Gasteiger partial charge in [-0.15, -0.1) is 0 Å². The number of nitrogens with zero attached hydrogens (tertiary/aromatic N) is 2. The predicted octanol–water partition coefficient (Wildman–Crippen LogP) is 4.64. The van der Waals surface area contributed by atoms with Gasteiger partial charge >= 0.3 is 5.97 Å². The van der Waals surface area contributed by atoms with E-state index in [9.17, 15) is 9.90 Å². The maximum atomic E-state index is 11.4. The Morgan fingerprint density at radius 2 is 2.21 bits per heavy atom. The van der Waals surface area contributed by atoms with E-state index in [1.54, 1.807) is 19.4 Å². The third-order valence-corrected chi connectivity index (χ3v) is 7.56. The number of piperidine rings is 1. The molecule has 174 valence electrons. The Bertz CT molecular complexity index is 1170. The summed E-state index contributed by atoms with van der Waals surface area (Å²) in [6.45, 7) is 5.59. The number of benzene rings is 1. The quantitative estimate of drug-likeness (QED) is 0.547. The molecule has 7 nitrogen and oxygen atoms in total. The SMILES string of the molecule is CCO[C@@H]1C[C@@H]2CCC(c3ccc(C(=O)O)nc3)(C1)N2Cc1c(OC)cc(C)c2[nH]ccc12. The number of nitrogens with one attached hydrogen (secondary N) is 1. The van der Waals surface area contributed by atoms with Crippen LogP contribution in [0.2, 0.25) is 0 Å². The molecule has 7 heteroatoms. The second-order valence-corrected chi connectivity index (χ2v) is 9.25. The Labute approximate surface area is 193 Å². The molecule has 2 fully saturated rings. The van der Waals surface area contributed by atoms with E-state index in [4.69, 9.17) is 9.47 Å². The highest BCUT2D eigenvalue weighted by atomic mass is 16.5. The Morgan fingerprint density at radius 1 is 1.36 bits per heavy atom. The van der Waals surface area contributed by atoms with Gasteiger partial charge in [0, 0.05) is 48.1 Å². The van der Waals surface area contributed by atoms with Crippen molar-refractivity contribution in [3.05, 3.63) is 59.0 Å². The molecule has 2 aromatic heterocycles. The van der Waals surface area contributed by atoms with E-state index in [-0.39, 0.29) is 17.3 Å². The molecule has 2 bridgehead atoms.